The van der Waals surface area contributed by atoms with Crippen molar-refractivity contribution in [3.8, 4) is 11.1 Å². The molecule has 3 atom stereocenters. The van der Waals surface area contributed by atoms with Crippen LogP contribution in [0.2, 0.25) is 0 Å². The number of nitrogens with one attached hydrogen (secondary N) is 1. The van der Waals surface area contributed by atoms with Crippen molar-refractivity contribution in [2.24, 2.45) is 5.92 Å². The van der Waals surface area contributed by atoms with E-state index < -0.39 is 30.0 Å². The fourth-order valence-electron chi connectivity index (χ4n) is 5.78. The Labute approximate surface area is 226 Å². The lowest BCUT2D eigenvalue weighted by molar-refractivity contribution is -0.151. The van der Waals surface area contributed by atoms with E-state index in [0.717, 1.165) is 28.7 Å². The monoisotopic (exact) mass is 532 g/mol. The van der Waals surface area contributed by atoms with Gasteiger partial charge in [-0.25, -0.2) is 9.59 Å². The molecule has 3 aliphatic rings. The first kappa shape index (κ1) is 26.5. The lowest BCUT2D eigenvalue weighted by Gasteiger charge is -2.29. The second kappa shape index (κ2) is 11.7. The standard InChI is InChI=1S/C30H32N2O7/c33-27(34)16-19-8-1-6-14-26(29(36)38-17-20-9-7-15-32(20)28(19)35)31-30(37)39-18-25-23-12-4-2-10-21(23)22-11-3-5-13-24(22)25/h1-6,10-13,19-20,25-26H,7-9,14-18H2,(H,31,37)(H,33,34)/b6-1+/t19-,20-,26-/m0/s1. The van der Waals surface area contributed by atoms with Crippen molar-refractivity contribution in [1.29, 1.82) is 0 Å². The molecule has 5 rings (SSSR count). The minimum absolute atomic E-state index is 0.00303. The van der Waals surface area contributed by atoms with Crippen LogP contribution >= 0.6 is 0 Å². The van der Waals surface area contributed by atoms with Gasteiger partial charge < -0.3 is 24.8 Å². The highest BCUT2D eigenvalue weighted by atomic mass is 16.6. The summed E-state index contributed by atoms with van der Waals surface area (Å²) in [4.78, 5) is 51.8. The molecule has 2 aromatic carbocycles. The number of hydrogen-bond acceptors (Lipinski definition) is 6. The van der Waals surface area contributed by atoms with Crippen molar-refractivity contribution in [3.05, 3.63) is 71.8 Å². The van der Waals surface area contributed by atoms with Gasteiger partial charge in [0.15, 0.2) is 0 Å². The Balaban J connectivity index is 1.25. The Hall–Kier alpha value is -4.14. The number of rotatable bonds is 5. The minimum Gasteiger partial charge on any atom is -0.481 e. The van der Waals surface area contributed by atoms with E-state index in [1.807, 2.05) is 36.4 Å². The summed E-state index contributed by atoms with van der Waals surface area (Å²) in [6.07, 6.45) is 4.16. The van der Waals surface area contributed by atoms with E-state index in [1.54, 1.807) is 17.1 Å². The largest absolute Gasteiger partial charge is 0.481 e. The lowest BCUT2D eigenvalue weighted by atomic mass is 9.98. The van der Waals surface area contributed by atoms with E-state index >= 15 is 0 Å². The van der Waals surface area contributed by atoms with E-state index in [2.05, 4.69) is 17.4 Å². The van der Waals surface area contributed by atoms with Crippen LogP contribution in [0, 0.1) is 5.92 Å². The first-order valence-electron chi connectivity index (χ1n) is 13.4. The number of alkyl carbamates (subject to hydrolysis) is 1. The van der Waals surface area contributed by atoms with Crippen LogP contribution in [-0.4, -0.2) is 65.8 Å². The summed E-state index contributed by atoms with van der Waals surface area (Å²) < 4.78 is 11.1. The predicted molar refractivity (Wildman–Crippen MR) is 142 cm³/mol. The Bertz CT molecular complexity index is 1240. The Kier molecular flexibility index (Phi) is 7.95. The molecule has 204 valence electrons. The van der Waals surface area contributed by atoms with Crippen LogP contribution in [0.4, 0.5) is 4.79 Å². The molecule has 0 saturated carbocycles. The molecule has 2 aromatic rings. The number of aliphatic carboxylic acids is 1. The smallest absolute Gasteiger partial charge is 0.407 e. The van der Waals surface area contributed by atoms with Gasteiger partial charge in [-0.2, -0.15) is 0 Å². The number of hydrogen-bond donors (Lipinski definition) is 2. The Morgan fingerprint density at radius 3 is 2.36 bits per heavy atom. The molecule has 0 radical (unpaired) electrons. The number of carboxylic acids is 1. The molecule has 1 saturated heterocycles. The fraction of sp³-hybridized carbons (Fsp3) is 0.400. The Morgan fingerprint density at radius 2 is 1.67 bits per heavy atom. The molecule has 2 aliphatic heterocycles. The van der Waals surface area contributed by atoms with Gasteiger partial charge >= 0.3 is 18.0 Å². The molecule has 39 heavy (non-hydrogen) atoms. The highest BCUT2D eigenvalue weighted by molar-refractivity contribution is 5.84. The molecule has 2 amide bonds. The number of nitrogens with zero attached hydrogens (tertiary/aromatic N) is 1. The number of fused-ring (bicyclic) bond motifs is 4. The number of amides is 2. The molecular weight excluding hydrogens is 500 g/mol. The highest BCUT2D eigenvalue weighted by Crippen LogP contribution is 2.44. The average molecular weight is 533 g/mol. The van der Waals surface area contributed by atoms with Gasteiger partial charge in [0.1, 0.15) is 19.3 Å². The maximum absolute atomic E-state index is 13.0. The summed E-state index contributed by atoms with van der Waals surface area (Å²) >= 11 is 0. The quantitative estimate of drug-likeness (QED) is 0.443. The maximum atomic E-state index is 13.0. The van der Waals surface area contributed by atoms with Crippen molar-refractivity contribution >= 4 is 23.9 Å². The fourth-order valence-corrected chi connectivity index (χ4v) is 5.78. The zero-order chi connectivity index (χ0) is 27.4. The highest BCUT2D eigenvalue weighted by Gasteiger charge is 2.36. The van der Waals surface area contributed by atoms with Gasteiger partial charge in [0, 0.05) is 12.5 Å². The van der Waals surface area contributed by atoms with E-state index in [0.29, 0.717) is 13.0 Å². The van der Waals surface area contributed by atoms with Gasteiger partial charge in [0.05, 0.1) is 18.4 Å². The average Bonchev–Trinajstić information content (AvgIpc) is 3.53. The van der Waals surface area contributed by atoms with Crippen LogP contribution in [0.15, 0.2) is 60.7 Å². The number of esters is 1. The third-order valence-corrected chi connectivity index (χ3v) is 7.73. The molecule has 1 aliphatic carbocycles. The summed E-state index contributed by atoms with van der Waals surface area (Å²) in [5.41, 5.74) is 4.42. The van der Waals surface area contributed by atoms with Crippen molar-refractivity contribution in [3.63, 3.8) is 0 Å². The number of carbonyl (C=O) groups excluding carboxylic acids is 3. The van der Waals surface area contributed by atoms with Gasteiger partial charge in [0.2, 0.25) is 5.91 Å². The molecule has 2 N–H and O–H groups in total. The normalized spacial score (nSPS) is 23.9. The number of allylic oxidation sites excluding steroid dienone is 1. The number of cyclic esters (lactones) is 1. The van der Waals surface area contributed by atoms with Crippen molar-refractivity contribution in [2.75, 3.05) is 19.8 Å². The predicted octanol–water partition coefficient (Wildman–Crippen LogP) is 3.87. The molecule has 9 heteroatoms. The second-order valence-corrected chi connectivity index (χ2v) is 10.2. The van der Waals surface area contributed by atoms with Crippen LogP contribution in [0.5, 0.6) is 0 Å². The van der Waals surface area contributed by atoms with Crippen LogP contribution in [0.1, 0.15) is 49.1 Å². The zero-order valence-electron chi connectivity index (χ0n) is 21.6. The number of ether oxygens (including phenoxy) is 2. The maximum Gasteiger partial charge on any atom is 0.407 e. The zero-order valence-corrected chi connectivity index (χ0v) is 21.6. The van der Waals surface area contributed by atoms with Gasteiger partial charge in [-0.3, -0.25) is 9.59 Å². The molecular formula is C30H32N2O7. The first-order chi connectivity index (χ1) is 18.9. The topological polar surface area (TPSA) is 122 Å². The summed E-state index contributed by atoms with van der Waals surface area (Å²) in [7, 11) is 0. The van der Waals surface area contributed by atoms with Crippen molar-refractivity contribution in [2.45, 2.75) is 50.1 Å². The SMILES string of the molecule is O=C(O)C[C@@H]1C/C=C/C[C@H](NC(=O)OCC2c3ccccc3-c3ccccc32)C(=O)OC[C@@H]2CCCN2C1=O. The van der Waals surface area contributed by atoms with Gasteiger partial charge in [-0.1, -0.05) is 60.7 Å². The van der Waals surface area contributed by atoms with Crippen LogP contribution in [-0.2, 0) is 23.9 Å². The molecule has 0 unspecified atom stereocenters. The third kappa shape index (κ3) is 5.82. The van der Waals surface area contributed by atoms with Gasteiger partial charge in [-0.15, -0.1) is 0 Å². The Morgan fingerprint density at radius 1 is 1.00 bits per heavy atom. The first-order valence-corrected chi connectivity index (χ1v) is 13.4. The minimum atomic E-state index is -1.04. The molecule has 0 spiro atoms. The summed E-state index contributed by atoms with van der Waals surface area (Å²) in [6.45, 7) is 0.618. The van der Waals surface area contributed by atoms with Crippen molar-refractivity contribution in [1.82, 2.24) is 10.2 Å². The molecule has 0 bridgehead atoms. The number of carboxylic acid groups (broad SMARTS) is 1. The summed E-state index contributed by atoms with van der Waals surface area (Å²) in [6, 6.07) is 14.8. The summed E-state index contributed by atoms with van der Waals surface area (Å²) in [5.74, 6) is -2.67. The van der Waals surface area contributed by atoms with Crippen LogP contribution < -0.4 is 5.32 Å². The molecule has 0 aromatic heterocycles. The third-order valence-electron chi connectivity index (χ3n) is 7.73. The summed E-state index contributed by atoms with van der Waals surface area (Å²) in [5, 5.41) is 11.9. The van der Waals surface area contributed by atoms with E-state index in [9.17, 15) is 24.3 Å². The van der Waals surface area contributed by atoms with Crippen LogP contribution in [0.3, 0.4) is 0 Å². The number of carbonyl (C=O) groups is 4. The molecule has 9 nitrogen and oxygen atoms in total. The van der Waals surface area contributed by atoms with E-state index in [-0.39, 0.29) is 50.3 Å². The molecule has 2 heterocycles. The van der Waals surface area contributed by atoms with E-state index in [1.165, 1.54) is 0 Å². The van der Waals surface area contributed by atoms with E-state index in [4.69, 9.17) is 9.47 Å². The molecule has 1 fully saturated rings. The number of benzene rings is 2. The van der Waals surface area contributed by atoms with Crippen LogP contribution in [0.25, 0.3) is 11.1 Å². The van der Waals surface area contributed by atoms with Gasteiger partial charge in [-0.05, 0) is 47.9 Å². The second-order valence-electron chi connectivity index (χ2n) is 10.2. The lowest BCUT2D eigenvalue weighted by Crippen LogP contribution is -2.46. The van der Waals surface area contributed by atoms with Crippen molar-refractivity contribution < 1.29 is 33.8 Å². The van der Waals surface area contributed by atoms with Gasteiger partial charge in [0.25, 0.3) is 0 Å².